The van der Waals surface area contributed by atoms with Crippen LogP contribution in [0.15, 0.2) is 26.0 Å². The van der Waals surface area contributed by atoms with E-state index in [2.05, 4.69) is 0 Å². The van der Waals surface area contributed by atoms with Crippen LogP contribution in [0.5, 0.6) is 0 Å². The van der Waals surface area contributed by atoms with E-state index in [0.29, 0.717) is 11.3 Å². The first kappa shape index (κ1) is 8.87. The Balaban J connectivity index is 2.80. The summed E-state index contributed by atoms with van der Waals surface area (Å²) >= 11 is 0. The van der Waals surface area contributed by atoms with E-state index in [4.69, 9.17) is 14.6 Å². The van der Waals surface area contributed by atoms with Crippen molar-refractivity contribution in [2.45, 2.75) is 19.8 Å². The van der Waals surface area contributed by atoms with Crippen LogP contribution in [0.4, 0.5) is 5.88 Å². The van der Waals surface area contributed by atoms with E-state index in [-0.39, 0.29) is 17.4 Å². The lowest BCUT2D eigenvalue weighted by Crippen LogP contribution is -2.02. The summed E-state index contributed by atoms with van der Waals surface area (Å²) in [5.41, 5.74) is 6.61. The summed E-state index contributed by atoms with van der Waals surface area (Å²) in [7, 11) is 0. The normalized spacial score (nSPS) is 11.4. The summed E-state index contributed by atoms with van der Waals surface area (Å²) in [4.78, 5) is 11.5. The van der Waals surface area contributed by atoms with Gasteiger partial charge in [0.15, 0.2) is 5.76 Å². The molecule has 2 N–H and O–H groups in total. The average molecular weight is 193 g/mol. The third kappa shape index (κ3) is 1.11. The molecule has 0 aromatic carbocycles. The highest BCUT2D eigenvalue weighted by Crippen LogP contribution is 2.33. The number of hydrogen-bond donors (Lipinski definition) is 1. The van der Waals surface area contributed by atoms with Crippen molar-refractivity contribution in [3.05, 3.63) is 28.3 Å². The Morgan fingerprint density at radius 3 is 2.79 bits per heavy atom. The van der Waals surface area contributed by atoms with Crippen LogP contribution in [-0.4, -0.2) is 0 Å². The number of nitrogens with two attached hydrogens (primary N) is 1. The molecule has 0 bridgehead atoms. The van der Waals surface area contributed by atoms with Gasteiger partial charge in [-0.3, -0.25) is 0 Å². The largest absolute Gasteiger partial charge is 0.446 e. The van der Waals surface area contributed by atoms with Crippen LogP contribution in [-0.2, 0) is 0 Å². The summed E-state index contributed by atoms with van der Waals surface area (Å²) in [5.74, 6) is 0.609. The Hall–Kier alpha value is -1.71. The molecule has 0 radical (unpaired) electrons. The maximum Gasteiger partial charge on any atom is 0.340 e. The Kier molecular flexibility index (Phi) is 1.84. The molecule has 4 heteroatoms. The van der Waals surface area contributed by atoms with Crippen molar-refractivity contribution < 1.29 is 8.83 Å². The zero-order valence-corrected chi connectivity index (χ0v) is 8.03. The van der Waals surface area contributed by atoms with Crippen molar-refractivity contribution in [2.24, 2.45) is 0 Å². The number of hydrogen-bond acceptors (Lipinski definition) is 4. The fourth-order valence-electron chi connectivity index (χ4n) is 1.56. The fourth-order valence-corrected chi connectivity index (χ4v) is 1.56. The number of fused-ring (bicyclic) bond motifs is 1. The molecule has 0 spiro atoms. The molecule has 2 heterocycles. The topological polar surface area (TPSA) is 69.4 Å². The molecular formula is C10H11NO3. The minimum atomic E-state index is -0.330. The van der Waals surface area contributed by atoms with Gasteiger partial charge in [0.2, 0.25) is 5.88 Å². The Bertz CT molecular complexity index is 481. The predicted molar refractivity (Wildman–Crippen MR) is 52.4 cm³/mol. The molecule has 2 aliphatic rings. The second-order valence-electron chi connectivity index (χ2n) is 3.49. The van der Waals surface area contributed by atoms with Crippen molar-refractivity contribution in [3.63, 3.8) is 0 Å². The molecule has 2 aliphatic heterocycles. The van der Waals surface area contributed by atoms with Crippen molar-refractivity contribution in [1.82, 2.24) is 0 Å². The molecule has 0 aromatic heterocycles. The zero-order valence-electron chi connectivity index (χ0n) is 8.03. The maximum atomic E-state index is 11.5. The first-order chi connectivity index (χ1) is 6.61. The molecule has 0 amide bonds. The molecular weight excluding hydrogens is 182 g/mol. The quantitative estimate of drug-likeness (QED) is 0.752. The van der Waals surface area contributed by atoms with Gasteiger partial charge in [0.25, 0.3) is 0 Å². The lowest BCUT2D eigenvalue weighted by atomic mass is 10.00. The van der Waals surface area contributed by atoms with E-state index in [1.54, 1.807) is 6.07 Å². The summed E-state index contributed by atoms with van der Waals surface area (Å²) in [6, 6.07) is 1.70. The van der Waals surface area contributed by atoms with Gasteiger partial charge < -0.3 is 14.6 Å². The van der Waals surface area contributed by atoms with Gasteiger partial charge >= 0.3 is 5.63 Å². The number of anilines is 1. The molecule has 0 saturated carbocycles. The van der Waals surface area contributed by atoms with Crippen LogP contribution < -0.4 is 11.4 Å². The Labute approximate surface area is 80.7 Å². The van der Waals surface area contributed by atoms with Crippen molar-refractivity contribution in [2.75, 3.05) is 5.73 Å². The van der Waals surface area contributed by atoms with Gasteiger partial charge in [-0.15, -0.1) is 0 Å². The van der Waals surface area contributed by atoms with Crippen LogP contribution in [0.2, 0.25) is 0 Å². The third-order valence-electron chi connectivity index (χ3n) is 2.18. The maximum absolute atomic E-state index is 11.5. The van der Waals surface area contributed by atoms with E-state index < -0.39 is 0 Å². The van der Waals surface area contributed by atoms with Gasteiger partial charge in [0.1, 0.15) is 0 Å². The summed E-state index contributed by atoms with van der Waals surface area (Å²) < 4.78 is 9.95. The average Bonchev–Trinajstić information content (AvgIpc) is 2.42. The summed E-state index contributed by atoms with van der Waals surface area (Å²) in [5, 5.41) is 0. The van der Waals surface area contributed by atoms with Gasteiger partial charge in [-0.2, -0.15) is 0 Å². The van der Waals surface area contributed by atoms with Crippen LogP contribution >= 0.6 is 0 Å². The van der Waals surface area contributed by atoms with E-state index >= 15 is 0 Å². The van der Waals surface area contributed by atoms with Crippen LogP contribution in [0.1, 0.15) is 25.3 Å². The SMILES string of the molecule is CC(C)c1c2ccoc(N)c-2oc1=O. The lowest BCUT2D eigenvalue weighted by molar-refractivity contribution is 0.505. The molecule has 0 fully saturated rings. The molecule has 0 saturated heterocycles. The predicted octanol–water partition coefficient (Wildman–Crippen LogP) is 2.04. The molecule has 4 nitrogen and oxygen atoms in total. The molecule has 2 rings (SSSR count). The van der Waals surface area contributed by atoms with Crippen LogP contribution in [0.25, 0.3) is 11.3 Å². The number of nitrogen functional groups attached to an aromatic ring is 1. The molecule has 0 unspecified atom stereocenters. The second kappa shape index (κ2) is 2.90. The summed E-state index contributed by atoms with van der Waals surface area (Å²) in [6.45, 7) is 3.87. The standard InChI is InChI=1S/C10H11NO3/c1-5(2)7-6-3-4-13-9(11)8(6)14-10(7)12/h3-5H,11H2,1-2H3. The first-order valence-electron chi connectivity index (χ1n) is 4.41. The monoisotopic (exact) mass is 193 g/mol. The Morgan fingerprint density at radius 1 is 1.43 bits per heavy atom. The van der Waals surface area contributed by atoms with Crippen molar-refractivity contribution >= 4 is 5.88 Å². The molecule has 0 atom stereocenters. The molecule has 0 aromatic rings. The molecule has 0 aliphatic carbocycles. The van der Waals surface area contributed by atoms with Gasteiger partial charge in [-0.05, 0) is 12.0 Å². The van der Waals surface area contributed by atoms with Gasteiger partial charge in [0, 0.05) is 5.56 Å². The second-order valence-corrected chi connectivity index (χ2v) is 3.49. The first-order valence-corrected chi connectivity index (χ1v) is 4.41. The lowest BCUT2D eigenvalue weighted by Gasteiger charge is -2.03. The van der Waals surface area contributed by atoms with E-state index in [0.717, 1.165) is 5.56 Å². The number of furan rings is 1. The highest BCUT2D eigenvalue weighted by Gasteiger charge is 2.22. The number of rotatable bonds is 1. The molecule has 14 heavy (non-hydrogen) atoms. The fraction of sp³-hybridized carbons (Fsp3) is 0.300. The smallest absolute Gasteiger partial charge is 0.340 e. The third-order valence-corrected chi connectivity index (χ3v) is 2.18. The van der Waals surface area contributed by atoms with E-state index in [1.807, 2.05) is 13.8 Å². The highest BCUT2D eigenvalue weighted by molar-refractivity contribution is 5.71. The minimum absolute atomic E-state index is 0.116. The van der Waals surface area contributed by atoms with Gasteiger partial charge in [-0.25, -0.2) is 4.79 Å². The van der Waals surface area contributed by atoms with Crippen molar-refractivity contribution in [3.8, 4) is 11.3 Å². The van der Waals surface area contributed by atoms with Gasteiger partial charge in [-0.1, -0.05) is 13.8 Å². The Morgan fingerprint density at radius 2 is 2.14 bits per heavy atom. The zero-order chi connectivity index (χ0) is 10.3. The minimum Gasteiger partial charge on any atom is -0.446 e. The summed E-state index contributed by atoms with van der Waals surface area (Å²) in [6.07, 6.45) is 1.46. The van der Waals surface area contributed by atoms with Gasteiger partial charge in [0.05, 0.1) is 11.8 Å². The van der Waals surface area contributed by atoms with Crippen molar-refractivity contribution in [1.29, 1.82) is 0 Å². The van der Waals surface area contributed by atoms with E-state index in [1.165, 1.54) is 6.26 Å². The highest BCUT2D eigenvalue weighted by atomic mass is 16.4. The van der Waals surface area contributed by atoms with E-state index in [9.17, 15) is 4.79 Å². The van der Waals surface area contributed by atoms with Crippen LogP contribution in [0, 0.1) is 0 Å². The van der Waals surface area contributed by atoms with Crippen LogP contribution in [0.3, 0.4) is 0 Å². The molecule has 74 valence electrons.